The number of hydrogen-bond acceptors (Lipinski definition) is 11. The summed E-state index contributed by atoms with van der Waals surface area (Å²) in [5.41, 5.74) is 12.4. The number of carbonyl (C=O) groups is 1. The predicted molar refractivity (Wildman–Crippen MR) is 198 cm³/mol. The summed E-state index contributed by atoms with van der Waals surface area (Å²) in [4.78, 5) is 25.0. The van der Waals surface area contributed by atoms with Gasteiger partial charge in [0.1, 0.15) is 24.6 Å². The van der Waals surface area contributed by atoms with Crippen LogP contribution < -0.4 is 4.90 Å². The highest BCUT2D eigenvalue weighted by Crippen LogP contribution is 2.41. The molecule has 0 unspecified atom stereocenters. The number of ether oxygens (including phenoxy) is 6. The van der Waals surface area contributed by atoms with Gasteiger partial charge in [0.05, 0.1) is 70.6 Å². The highest BCUT2D eigenvalue weighted by Gasteiger charge is 2.44. The number of likely N-dealkylation sites (tertiary alicyclic amines) is 1. The molecule has 52 heavy (non-hydrogen) atoms. The minimum atomic E-state index is -0.281. The lowest BCUT2D eigenvalue weighted by Crippen LogP contribution is -2.34. The number of amides is 1. The first-order chi connectivity index (χ1) is 25.2. The summed E-state index contributed by atoms with van der Waals surface area (Å²) in [6, 6.07) is 17.0. The maximum atomic E-state index is 12.6. The molecule has 5 rings (SSSR count). The Morgan fingerprint density at radius 2 is 1.56 bits per heavy atom. The fraction of sp³-hybridized carbons (Fsp3) is 0.590. The third-order valence-electron chi connectivity index (χ3n) is 9.66. The van der Waals surface area contributed by atoms with Crippen molar-refractivity contribution in [1.29, 1.82) is 5.53 Å². The van der Waals surface area contributed by atoms with Crippen molar-refractivity contribution in [2.24, 2.45) is 5.11 Å². The SMILES string of the molecule is COCCOCCO[C@@H]1[C@@H](OCCOCCOC)CN(c2ccc(C(C)(C)C)cc2)[C@@H]1c1ccc(-c2c[nH]c([C@@H]3CCCN3C(=O)CN=N)n2)cc1. The van der Waals surface area contributed by atoms with Crippen LogP contribution in [-0.2, 0) is 38.6 Å². The van der Waals surface area contributed by atoms with Gasteiger partial charge in [-0.1, -0.05) is 57.2 Å². The van der Waals surface area contributed by atoms with Gasteiger partial charge in [-0.2, -0.15) is 5.11 Å². The van der Waals surface area contributed by atoms with E-state index in [2.05, 4.69) is 84.3 Å². The fourth-order valence-electron chi connectivity index (χ4n) is 6.93. The number of aromatic nitrogens is 2. The smallest absolute Gasteiger partial charge is 0.246 e. The second kappa shape index (κ2) is 19.4. The molecular formula is C39H56N6O7. The van der Waals surface area contributed by atoms with Gasteiger partial charge in [-0.3, -0.25) is 4.79 Å². The standard InChI is InChI=1S/C39H56N6O7/c1-39(2,3)30-12-14-31(15-13-30)45-27-34(51-23-21-49-19-17-47-4)37(52-24-22-50-20-18-48-5)36(45)29-10-8-28(9-11-29)32-25-41-38(43-32)33-7-6-16-44(33)35(46)26-42-40/h8-15,25,33-34,36-37,40H,6-7,16-24,26-27H2,1-5H3,(H,41,43)/t33-,34-,36+,37+/m0/s1. The summed E-state index contributed by atoms with van der Waals surface area (Å²) >= 11 is 0. The molecule has 1 aromatic heterocycles. The third kappa shape index (κ3) is 10.2. The Balaban J connectivity index is 1.40. The number of carbonyl (C=O) groups excluding carboxylic acids is 1. The van der Waals surface area contributed by atoms with E-state index in [4.69, 9.17) is 38.9 Å². The Labute approximate surface area is 307 Å². The van der Waals surface area contributed by atoms with Crippen LogP contribution in [-0.4, -0.2) is 120 Å². The molecule has 13 nitrogen and oxygen atoms in total. The molecule has 2 N–H and O–H groups in total. The van der Waals surface area contributed by atoms with E-state index >= 15 is 0 Å². The van der Waals surface area contributed by atoms with Crippen LogP contribution >= 0.6 is 0 Å². The maximum Gasteiger partial charge on any atom is 0.246 e. The molecule has 2 aliphatic rings. The summed E-state index contributed by atoms with van der Waals surface area (Å²) in [5.74, 6) is 0.608. The Bertz CT molecular complexity index is 1530. The zero-order chi connectivity index (χ0) is 36.9. The number of hydrogen-bond donors (Lipinski definition) is 2. The molecule has 2 saturated heterocycles. The summed E-state index contributed by atoms with van der Waals surface area (Å²) in [7, 11) is 3.32. The van der Waals surface area contributed by atoms with Crippen molar-refractivity contribution in [2.75, 3.05) is 91.6 Å². The lowest BCUT2D eigenvalue weighted by molar-refractivity contribution is -0.130. The number of methoxy groups -OCH3 is 2. The van der Waals surface area contributed by atoms with Crippen LogP contribution in [0.2, 0.25) is 0 Å². The Morgan fingerprint density at radius 3 is 2.19 bits per heavy atom. The summed E-state index contributed by atoms with van der Waals surface area (Å²) < 4.78 is 34.9. The first-order valence-corrected chi connectivity index (χ1v) is 18.3. The minimum Gasteiger partial charge on any atom is -0.382 e. The maximum absolute atomic E-state index is 12.6. The molecule has 0 saturated carbocycles. The highest BCUT2D eigenvalue weighted by molar-refractivity contribution is 5.79. The zero-order valence-electron chi connectivity index (χ0n) is 31.3. The van der Waals surface area contributed by atoms with Crippen molar-refractivity contribution in [3.8, 4) is 11.3 Å². The van der Waals surface area contributed by atoms with Gasteiger partial charge >= 0.3 is 0 Å². The topological polar surface area (TPSA) is 144 Å². The molecule has 4 atom stereocenters. The number of nitrogens with zero attached hydrogens (tertiary/aromatic N) is 4. The Morgan fingerprint density at radius 1 is 0.904 bits per heavy atom. The average molecular weight is 721 g/mol. The second-order valence-corrected chi connectivity index (χ2v) is 14.2. The van der Waals surface area contributed by atoms with Crippen molar-refractivity contribution in [3.63, 3.8) is 0 Å². The highest BCUT2D eigenvalue weighted by atomic mass is 16.6. The summed E-state index contributed by atoms with van der Waals surface area (Å²) in [6.07, 6.45) is 3.12. The number of imidazole rings is 1. The van der Waals surface area contributed by atoms with E-state index in [1.54, 1.807) is 19.1 Å². The predicted octanol–water partition coefficient (Wildman–Crippen LogP) is 5.73. The van der Waals surface area contributed by atoms with Gasteiger partial charge in [0, 0.05) is 44.8 Å². The molecule has 0 aliphatic carbocycles. The Kier molecular flexibility index (Phi) is 14.7. The number of aromatic amines is 1. The average Bonchev–Trinajstić information content (AvgIpc) is 3.91. The van der Waals surface area contributed by atoms with Crippen LogP contribution in [0, 0.1) is 5.53 Å². The van der Waals surface area contributed by atoms with Crippen LogP contribution in [0.1, 0.15) is 62.6 Å². The number of benzene rings is 2. The first-order valence-electron chi connectivity index (χ1n) is 18.3. The van der Waals surface area contributed by atoms with Gasteiger partial charge in [-0.15, -0.1) is 0 Å². The van der Waals surface area contributed by atoms with Gasteiger partial charge in [0.15, 0.2) is 0 Å². The Hall–Kier alpha value is -3.72. The van der Waals surface area contributed by atoms with Gasteiger partial charge < -0.3 is 43.2 Å². The van der Waals surface area contributed by atoms with E-state index in [-0.39, 0.29) is 42.2 Å². The molecule has 0 bridgehead atoms. The van der Waals surface area contributed by atoms with E-state index in [0.29, 0.717) is 65.9 Å². The lowest BCUT2D eigenvalue weighted by atomic mass is 9.87. The summed E-state index contributed by atoms with van der Waals surface area (Å²) in [5, 5.41) is 3.30. The van der Waals surface area contributed by atoms with Crippen LogP contribution in [0.3, 0.4) is 0 Å². The molecule has 2 aliphatic heterocycles. The molecule has 0 radical (unpaired) electrons. The molecule has 284 valence electrons. The number of rotatable bonds is 20. The van der Waals surface area contributed by atoms with E-state index in [1.165, 1.54) is 5.56 Å². The molecule has 3 heterocycles. The van der Waals surface area contributed by atoms with Crippen molar-refractivity contribution in [2.45, 2.75) is 63.3 Å². The van der Waals surface area contributed by atoms with Gasteiger partial charge in [-0.05, 0) is 41.5 Å². The van der Waals surface area contributed by atoms with E-state index < -0.39 is 0 Å². The van der Waals surface area contributed by atoms with Crippen molar-refractivity contribution in [1.82, 2.24) is 14.9 Å². The monoisotopic (exact) mass is 720 g/mol. The van der Waals surface area contributed by atoms with Crippen molar-refractivity contribution >= 4 is 11.6 Å². The van der Waals surface area contributed by atoms with Gasteiger partial charge in [-0.25, -0.2) is 10.5 Å². The molecule has 1 amide bonds. The largest absolute Gasteiger partial charge is 0.382 e. The van der Waals surface area contributed by atoms with Crippen LogP contribution in [0.5, 0.6) is 0 Å². The number of H-pyrrole nitrogens is 1. The van der Waals surface area contributed by atoms with E-state index in [1.807, 2.05) is 6.20 Å². The molecule has 0 spiro atoms. The lowest BCUT2D eigenvalue weighted by Gasteiger charge is -2.31. The summed E-state index contributed by atoms with van der Waals surface area (Å²) in [6.45, 7) is 11.7. The van der Waals surface area contributed by atoms with Crippen molar-refractivity contribution in [3.05, 3.63) is 71.7 Å². The molecule has 13 heteroatoms. The van der Waals surface area contributed by atoms with Crippen molar-refractivity contribution < 1.29 is 33.2 Å². The van der Waals surface area contributed by atoms with E-state index in [0.717, 1.165) is 41.2 Å². The molecular weight excluding hydrogens is 664 g/mol. The van der Waals surface area contributed by atoms with Crippen LogP contribution in [0.25, 0.3) is 11.3 Å². The molecule has 2 aromatic carbocycles. The van der Waals surface area contributed by atoms with E-state index in [9.17, 15) is 4.79 Å². The van der Waals surface area contributed by atoms with Crippen LogP contribution in [0.4, 0.5) is 5.69 Å². The zero-order valence-corrected chi connectivity index (χ0v) is 31.3. The molecule has 3 aromatic rings. The minimum absolute atomic E-state index is 0.0389. The second-order valence-electron chi connectivity index (χ2n) is 14.2. The number of anilines is 1. The van der Waals surface area contributed by atoms with Gasteiger partial charge in [0.25, 0.3) is 0 Å². The third-order valence-corrected chi connectivity index (χ3v) is 9.66. The van der Waals surface area contributed by atoms with Crippen LogP contribution in [0.15, 0.2) is 59.8 Å². The molecule has 2 fully saturated rings. The quantitative estimate of drug-likeness (QED) is 0.111. The normalized spacial score (nSPS) is 20.6. The number of nitrogens with one attached hydrogen (secondary N) is 2. The fourth-order valence-corrected chi connectivity index (χ4v) is 6.93. The first kappa shape index (κ1) is 39.5. The van der Waals surface area contributed by atoms with Gasteiger partial charge in [0.2, 0.25) is 5.91 Å².